The minimum atomic E-state index is -4.67. The third kappa shape index (κ3) is 2.96. The molecule has 0 spiro atoms. The number of carbonyl (C=O) groups excluding carboxylic acids is 1. The van der Waals surface area contributed by atoms with Gasteiger partial charge in [-0.3, -0.25) is 0 Å². The van der Waals surface area contributed by atoms with Gasteiger partial charge in [-0.2, -0.15) is 18.4 Å². The number of aromatic nitrogens is 1. The van der Waals surface area contributed by atoms with Gasteiger partial charge in [-0.1, -0.05) is 11.6 Å². The Balaban J connectivity index is 2.73. The molecule has 9 heteroatoms. The molecule has 2 aromatic rings. The van der Waals surface area contributed by atoms with Crippen LogP contribution in [0.15, 0.2) is 24.4 Å². The largest absolute Gasteiger partial charge is 0.464 e. The second-order valence-corrected chi connectivity index (χ2v) is 4.85. The number of esters is 1. The van der Waals surface area contributed by atoms with Gasteiger partial charge in [-0.15, -0.1) is 0 Å². The van der Waals surface area contributed by atoms with E-state index in [0.29, 0.717) is 0 Å². The molecule has 0 saturated carbocycles. The standard InChI is InChI=1S/C14H9ClF3N3O2/c1-23-13(22)12-11(20)7(5-19)6-21(12)8-2-3-10(15)9(4-8)14(16,17)18/h2-4,6H,20H2,1H3. The van der Waals surface area contributed by atoms with Crippen molar-refractivity contribution < 1.29 is 22.7 Å². The molecule has 0 aliphatic heterocycles. The van der Waals surface area contributed by atoms with Gasteiger partial charge in [0.15, 0.2) is 5.69 Å². The van der Waals surface area contributed by atoms with Crippen LogP contribution in [0, 0.1) is 11.3 Å². The normalized spacial score (nSPS) is 11.1. The summed E-state index contributed by atoms with van der Waals surface area (Å²) in [5.41, 5.74) is 4.11. The van der Waals surface area contributed by atoms with Crippen LogP contribution >= 0.6 is 11.6 Å². The summed E-state index contributed by atoms with van der Waals surface area (Å²) < 4.78 is 44.5. The average molecular weight is 344 g/mol. The first-order valence-electron chi connectivity index (χ1n) is 6.07. The highest BCUT2D eigenvalue weighted by atomic mass is 35.5. The molecule has 0 unspecified atom stereocenters. The van der Waals surface area contributed by atoms with E-state index >= 15 is 0 Å². The first-order chi connectivity index (χ1) is 10.7. The van der Waals surface area contributed by atoms with Crippen LogP contribution < -0.4 is 5.73 Å². The molecule has 0 radical (unpaired) electrons. The van der Waals surface area contributed by atoms with Gasteiger partial charge in [0.05, 0.1) is 28.9 Å². The second kappa shape index (κ2) is 5.85. The van der Waals surface area contributed by atoms with Crippen LogP contribution in [0.4, 0.5) is 18.9 Å². The number of anilines is 1. The van der Waals surface area contributed by atoms with Gasteiger partial charge in [-0.25, -0.2) is 4.79 Å². The van der Waals surface area contributed by atoms with E-state index < -0.39 is 22.7 Å². The van der Waals surface area contributed by atoms with E-state index in [1.807, 2.05) is 0 Å². The molecule has 2 rings (SSSR count). The number of hydrogen-bond donors (Lipinski definition) is 1. The Morgan fingerprint density at radius 2 is 2.09 bits per heavy atom. The molecule has 0 aliphatic rings. The molecule has 1 aromatic heterocycles. The van der Waals surface area contributed by atoms with E-state index in [1.54, 1.807) is 6.07 Å². The predicted molar refractivity (Wildman–Crippen MR) is 76.2 cm³/mol. The smallest absolute Gasteiger partial charge is 0.417 e. The summed E-state index contributed by atoms with van der Waals surface area (Å²) in [4.78, 5) is 11.8. The number of hydrogen-bond acceptors (Lipinski definition) is 4. The van der Waals surface area contributed by atoms with Crippen molar-refractivity contribution in [1.82, 2.24) is 4.57 Å². The van der Waals surface area contributed by atoms with E-state index in [9.17, 15) is 18.0 Å². The SMILES string of the molecule is COC(=O)c1c(N)c(C#N)cn1-c1ccc(Cl)c(C(F)(F)F)c1. The summed E-state index contributed by atoms with van der Waals surface area (Å²) >= 11 is 5.56. The Kier molecular flexibility index (Phi) is 4.25. The van der Waals surface area contributed by atoms with Gasteiger partial charge >= 0.3 is 12.1 Å². The van der Waals surface area contributed by atoms with Crippen molar-refractivity contribution in [2.75, 3.05) is 12.8 Å². The minimum absolute atomic E-state index is 0.0321. The first kappa shape index (κ1) is 16.7. The molecular weight excluding hydrogens is 335 g/mol. The van der Waals surface area contributed by atoms with Crippen LogP contribution in [0.2, 0.25) is 5.02 Å². The second-order valence-electron chi connectivity index (χ2n) is 4.44. The van der Waals surface area contributed by atoms with Gasteiger partial charge in [0.1, 0.15) is 6.07 Å². The molecule has 5 nitrogen and oxygen atoms in total. The first-order valence-corrected chi connectivity index (χ1v) is 6.44. The van der Waals surface area contributed by atoms with Crippen molar-refractivity contribution in [3.05, 3.63) is 46.2 Å². The number of nitriles is 1. The number of rotatable bonds is 2. The predicted octanol–water partition coefficient (Wildman–Crippen LogP) is 3.39. The third-order valence-corrected chi connectivity index (χ3v) is 3.41. The van der Waals surface area contributed by atoms with Crippen LogP contribution in [0.1, 0.15) is 21.6 Å². The summed E-state index contributed by atoms with van der Waals surface area (Å²) in [7, 11) is 1.09. The maximum absolute atomic E-state index is 13.0. The number of nitrogens with zero attached hydrogens (tertiary/aromatic N) is 2. The van der Waals surface area contributed by atoms with Gasteiger partial charge < -0.3 is 15.0 Å². The summed E-state index contributed by atoms with van der Waals surface area (Å²) in [5, 5.41) is 8.50. The molecule has 2 N–H and O–H groups in total. The van der Waals surface area contributed by atoms with E-state index in [-0.39, 0.29) is 22.6 Å². The number of nitrogens with two attached hydrogens (primary N) is 1. The van der Waals surface area contributed by atoms with Crippen molar-refractivity contribution in [2.45, 2.75) is 6.18 Å². The molecule has 0 fully saturated rings. The lowest BCUT2D eigenvalue weighted by atomic mass is 10.2. The maximum atomic E-state index is 13.0. The van der Waals surface area contributed by atoms with Crippen LogP contribution in [0.5, 0.6) is 0 Å². The molecule has 1 heterocycles. The number of nitrogen functional groups attached to an aromatic ring is 1. The molecule has 0 saturated heterocycles. The summed E-state index contributed by atoms with van der Waals surface area (Å²) in [6.07, 6.45) is -3.51. The van der Waals surface area contributed by atoms with Crippen molar-refractivity contribution in [1.29, 1.82) is 5.26 Å². The minimum Gasteiger partial charge on any atom is -0.464 e. The Bertz CT molecular complexity index is 822. The van der Waals surface area contributed by atoms with Gasteiger partial charge in [0.25, 0.3) is 0 Å². The fourth-order valence-electron chi connectivity index (χ4n) is 2.00. The third-order valence-electron chi connectivity index (χ3n) is 3.08. The van der Waals surface area contributed by atoms with E-state index in [1.165, 1.54) is 6.07 Å². The van der Waals surface area contributed by atoms with Crippen molar-refractivity contribution in [2.24, 2.45) is 0 Å². The Labute approximate surface area is 133 Å². The van der Waals surface area contributed by atoms with Crippen LogP contribution in [0.3, 0.4) is 0 Å². The molecule has 23 heavy (non-hydrogen) atoms. The monoisotopic (exact) mass is 343 g/mol. The fraction of sp³-hybridized carbons (Fsp3) is 0.143. The molecule has 1 aromatic carbocycles. The van der Waals surface area contributed by atoms with Crippen LogP contribution in [0.25, 0.3) is 5.69 Å². The zero-order valence-corrected chi connectivity index (χ0v) is 12.4. The van der Waals surface area contributed by atoms with Crippen molar-refractivity contribution in [3.8, 4) is 11.8 Å². The number of methoxy groups -OCH3 is 1. The summed E-state index contributed by atoms with van der Waals surface area (Å²) in [6, 6.07) is 4.83. The Hall–Kier alpha value is -2.66. The Morgan fingerprint density at radius 3 is 2.61 bits per heavy atom. The molecule has 120 valence electrons. The van der Waals surface area contributed by atoms with E-state index in [2.05, 4.69) is 4.74 Å². The number of alkyl halides is 3. The van der Waals surface area contributed by atoms with Crippen LogP contribution in [-0.4, -0.2) is 17.6 Å². The zero-order chi connectivity index (χ0) is 17.4. The van der Waals surface area contributed by atoms with Crippen molar-refractivity contribution in [3.63, 3.8) is 0 Å². The molecular formula is C14H9ClF3N3O2. The summed E-state index contributed by atoms with van der Waals surface area (Å²) in [5.74, 6) is -0.882. The topological polar surface area (TPSA) is 81.0 Å². The number of carbonyl (C=O) groups is 1. The van der Waals surface area contributed by atoms with E-state index in [0.717, 1.165) is 30.0 Å². The molecule has 0 aliphatic carbocycles. The van der Waals surface area contributed by atoms with E-state index in [4.69, 9.17) is 22.6 Å². The van der Waals surface area contributed by atoms with Crippen molar-refractivity contribution >= 4 is 23.3 Å². The van der Waals surface area contributed by atoms with Gasteiger partial charge in [0.2, 0.25) is 0 Å². The highest BCUT2D eigenvalue weighted by Crippen LogP contribution is 2.36. The fourth-order valence-corrected chi connectivity index (χ4v) is 2.22. The highest BCUT2D eigenvalue weighted by Gasteiger charge is 2.34. The lowest BCUT2D eigenvalue weighted by molar-refractivity contribution is -0.137. The average Bonchev–Trinajstić information content (AvgIpc) is 2.82. The maximum Gasteiger partial charge on any atom is 0.417 e. The molecule has 0 bridgehead atoms. The summed E-state index contributed by atoms with van der Waals surface area (Å²) in [6.45, 7) is 0. The molecule has 0 amide bonds. The lowest BCUT2D eigenvalue weighted by Gasteiger charge is -2.13. The van der Waals surface area contributed by atoms with Gasteiger partial charge in [0, 0.05) is 11.9 Å². The number of benzene rings is 1. The quantitative estimate of drug-likeness (QED) is 0.847. The van der Waals surface area contributed by atoms with Crippen LogP contribution in [-0.2, 0) is 10.9 Å². The van der Waals surface area contributed by atoms with Gasteiger partial charge in [-0.05, 0) is 18.2 Å². The molecule has 0 atom stereocenters. The number of halogens is 4. The Morgan fingerprint density at radius 1 is 1.43 bits per heavy atom. The highest BCUT2D eigenvalue weighted by molar-refractivity contribution is 6.31. The zero-order valence-electron chi connectivity index (χ0n) is 11.6. The lowest BCUT2D eigenvalue weighted by Crippen LogP contribution is -2.12. The number of ether oxygens (including phenoxy) is 1.